The molecule has 0 fully saturated rings. The van der Waals surface area contributed by atoms with Gasteiger partial charge in [-0.15, -0.1) is 0 Å². The minimum Gasteiger partial charge on any atom is -0.324 e. The minimum atomic E-state index is -2.69. The van der Waals surface area contributed by atoms with Crippen molar-refractivity contribution in [1.82, 2.24) is 14.8 Å². The van der Waals surface area contributed by atoms with E-state index in [1.165, 1.54) is 10.7 Å². The molecule has 2 aromatic carbocycles. The molecule has 0 aliphatic carbocycles. The summed E-state index contributed by atoms with van der Waals surface area (Å²) in [6, 6.07) is 16.2. The summed E-state index contributed by atoms with van der Waals surface area (Å²) in [5, 5.41) is 7.47. The molecule has 0 bridgehead atoms. The van der Waals surface area contributed by atoms with Crippen LogP contribution in [0.25, 0.3) is 22.3 Å². The van der Waals surface area contributed by atoms with Gasteiger partial charge in [0.1, 0.15) is 6.54 Å². The van der Waals surface area contributed by atoms with Gasteiger partial charge in [0.05, 0.1) is 16.8 Å². The highest BCUT2D eigenvalue weighted by Crippen LogP contribution is 2.33. The van der Waals surface area contributed by atoms with Crippen LogP contribution in [-0.4, -0.2) is 20.7 Å². The molecule has 1 N–H and O–H groups in total. The predicted octanol–water partition coefficient (Wildman–Crippen LogP) is 5.60. The molecule has 2 aromatic heterocycles. The summed E-state index contributed by atoms with van der Waals surface area (Å²) in [6.45, 7) is 5.48. The van der Waals surface area contributed by atoms with E-state index in [0.717, 1.165) is 16.7 Å². The molecule has 0 saturated heterocycles. The van der Waals surface area contributed by atoms with Crippen molar-refractivity contribution in [3.8, 4) is 11.3 Å². The maximum atomic E-state index is 13.9. The number of alkyl halides is 2. The number of carbonyl (C=O) groups excluding carboxylic acids is 1. The SMILES string of the molecule is Cc1ccc(NC(=O)Cn2nc(C)c3c(C(F)F)cc(-c4ccccc4)nc32)cc1C. The summed E-state index contributed by atoms with van der Waals surface area (Å²) in [5.74, 6) is -0.307. The maximum absolute atomic E-state index is 13.9. The van der Waals surface area contributed by atoms with Gasteiger partial charge in [-0.2, -0.15) is 5.10 Å². The Kier molecular flexibility index (Phi) is 5.50. The van der Waals surface area contributed by atoms with Crippen molar-refractivity contribution in [2.24, 2.45) is 0 Å². The molecule has 1 amide bonds. The molecule has 0 aliphatic rings. The van der Waals surface area contributed by atoms with Crippen molar-refractivity contribution in [1.29, 1.82) is 0 Å². The van der Waals surface area contributed by atoms with Gasteiger partial charge in [0.15, 0.2) is 5.65 Å². The second-order valence-electron chi connectivity index (χ2n) is 7.55. The average molecular weight is 420 g/mol. The lowest BCUT2D eigenvalue weighted by molar-refractivity contribution is -0.116. The summed E-state index contributed by atoms with van der Waals surface area (Å²) in [4.78, 5) is 17.2. The molecule has 158 valence electrons. The fourth-order valence-electron chi connectivity index (χ4n) is 3.58. The van der Waals surface area contributed by atoms with Crippen LogP contribution in [-0.2, 0) is 11.3 Å². The van der Waals surface area contributed by atoms with Crippen LogP contribution in [0.4, 0.5) is 14.5 Å². The van der Waals surface area contributed by atoms with Crippen LogP contribution in [0.15, 0.2) is 54.6 Å². The lowest BCUT2D eigenvalue weighted by Crippen LogP contribution is -2.20. The van der Waals surface area contributed by atoms with Crippen LogP contribution in [0.5, 0.6) is 0 Å². The third-order valence-electron chi connectivity index (χ3n) is 5.30. The second-order valence-corrected chi connectivity index (χ2v) is 7.55. The predicted molar refractivity (Wildman–Crippen MR) is 117 cm³/mol. The number of fused-ring (bicyclic) bond motifs is 1. The molecule has 0 unspecified atom stereocenters. The highest BCUT2D eigenvalue weighted by atomic mass is 19.3. The lowest BCUT2D eigenvalue weighted by Gasteiger charge is -2.10. The van der Waals surface area contributed by atoms with Gasteiger partial charge in [-0.3, -0.25) is 4.79 Å². The molecule has 5 nitrogen and oxygen atoms in total. The topological polar surface area (TPSA) is 59.8 Å². The monoisotopic (exact) mass is 420 g/mol. The normalized spacial score (nSPS) is 11.3. The first-order chi connectivity index (χ1) is 14.8. The van der Waals surface area contributed by atoms with E-state index in [1.54, 1.807) is 6.92 Å². The van der Waals surface area contributed by atoms with E-state index in [1.807, 2.05) is 62.4 Å². The number of hydrogen-bond acceptors (Lipinski definition) is 3. The molecule has 2 heterocycles. The van der Waals surface area contributed by atoms with Crippen LogP contribution in [0.3, 0.4) is 0 Å². The van der Waals surface area contributed by atoms with Gasteiger partial charge in [0.25, 0.3) is 6.43 Å². The summed E-state index contributed by atoms with van der Waals surface area (Å²) in [5.41, 5.74) is 4.55. The Bertz CT molecular complexity index is 1270. The zero-order valence-corrected chi connectivity index (χ0v) is 17.5. The number of carbonyl (C=O) groups is 1. The Labute approximate surface area is 178 Å². The highest BCUT2D eigenvalue weighted by Gasteiger charge is 2.22. The van der Waals surface area contributed by atoms with Crippen LogP contribution < -0.4 is 5.32 Å². The Morgan fingerprint density at radius 3 is 2.45 bits per heavy atom. The van der Waals surface area contributed by atoms with Gasteiger partial charge >= 0.3 is 0 Å². The number of hydrogen-bond donors (Lipinski definition) is 1. The van der Waals surface area contributed by atoms with E-state index < -0.39 is 6.43 Å². The van der Waals surface area contributed by atoms with Gasteiger partial charge in [0, 0.05) is 16.8 Å². The Morgan fingerprint density at radius 1 is 1.03 bits per heavy atom. The van der Waals surface area contributed by atoms with Crippen LogP contribution >= 0.6 is 0 Å². The third kappa shape index (κ3) is 4.17. The van der Waals surface area contributed by atoms with Gasteiger partial charge in [-0.05, 0) is 50.1 Å². The lowest BCUT2D eigenvalue weighted by atomic mass is 10.1. The Hall–Kier alpha value is -3.61. The molecule has 4 aromatic rings. The molecular formula is C24H22F2N4O. The van der Waals surface area contributed by atoms with Crippen LogP contribution in [0, 0.1) is 20.8 Å². The molecule has 0 saturated carbocycles. The Balaban J connectivity index is 1.73. The zero-order valence-electron chi connectivity index (χ0n) is 17.5. The standard InChI is InChI=1S/C24H22F2N4O/c1-14-9-10-18(11-15(14)2)27-21(31)13-30-24-22(16(3)29-30)19(23(25)26)12-20(28-24)17-7-5-4-6-8-17/h4-12,23H,13H2,1-3H3,(H,27,31). The van der Waals surface area contributed by atoms with Crippen molar-refractivity contribution in [3.05, 3.63) is 77.0 Å². The third-order valence-corrected chi connectivity index (χ3v) is 5.30. The van der Waals surface area contributed by atoms with E-state index in [0.29, 0.717) is 17.1 Å². The van der Waals surface area contributed by atoms with Gasteiger partial charge in [-0.25, -0.2) is 18.4 Å². The van der Waals surface area contributed by atoms with Crippen molar-refractivity contribution in [3.63, 3.8) is 0 Å². The molecular weight excluding hydrogens is 398 g/mol. The van der Waals surface area contributed by atoms with Crippen LogP contribution in [0.2, 0.25) is 0 Å². The fourth-order valence-corrected chi connectivity index (χ4v) is 3.58. The van der Waals surface area contributed by atoms with E-state index in [4.69, 9.17) is 0 Å². The molecule has 0 atom stereocenters. The molecule has 7 heteroatoms. The number of halogens is 2. The fraction of sp³-hybridized carbons (Fsp3) is 0.208. The molecule has 31 heavy (non-hydrogen) atoms. The van der Waals surface area contributed by atoms with Gasteiger partial charge < -0.3 is 5.32 Å². The maximum Gasteiger partial charge on any atom is 0.264 e. The summed E-state index contributed by atoms with van der Waals surface area (Å²) in [7, 11) is 0. The van der Waals surface area contributed by atoms with Crippen molar-refractivity contribution >= 4 is 22.6 Å². The van der Waals surface area contributed by atoms with Crippen molar-refractivity contribution in [2.45, 2.75) is 33.7 Å². The van der Waals surface area contributed by atoms with Crippen molar-refractivity contribution in [2.75, 3.05) is 5.32 Å². The number of nitrogens with one attached hydrogen (secondary N) is 1. The van der Waals surface area contributed by atoms with Gasteiger partial charge in [-0.1, -0.05) is 36.4 Å². The van der Waals surface area contributed by atoms with E-state index >= 15 is 0 Å². The largest absolute Gasteiger partial charge is 0.324 e. The van der Waals surface area contributed by atoms with Gasteiger partial charge in [0.2, 0.25) is 5.91 Å². The van der Waals surface area contributed by atoms with E-state index in [-0.39, 0.29) is 29.0 Å². The molecule has 4 rings (SSSR count). The Morgan fingerprint density at radius 2 is 1.77 bits per heavy atom. The minimum absolute atomic E-state index is 0.134. The van der Waals surface area contributed by atoms with Crippen molar-refractivity contribution < 1.29 is 13.6 Å². The average Bonchev–Trinajstić information content (AvgIpc) is 3.05. The first-order valence-electron chi connectivity index (χ1n) is 9.92. The van der Waals surface area contributed by atoms with E-state index in [2.05, 4.69) is 15.4 Å². The molecule has 0 radical (unpaired) electrons. The summed E-state index contributed by atoms with van der Waals surface area (Å²) in [6.07, 6.45) is -2.69. The second kappa shape index (κ2) is 8.26. The number of aromatic nitrogens is 3. The summed E-state index contributed by atoms with van der Waals surface area (Å²) < 4.78 is 29.1. The first kappa shape index (κ1) is 20.7. The number of benzene rings is 2. The number of amides is 1. The number of nitrogens with zero attached hydrogens (tertiary/aromatic N) is 3. The number of anilines is 1. The molecule has 0 aliphatic heterocycles. The highest BCUT2D eigenvalue weighted by molar-refractivity contribution is 5.92. The number of pyridine rings is 1. The number of aryl methyl sites for hydroxylation is 3. The quantitative estimate of drug-likeness (QED) is 0.457. The van der Waals surface area contributed by atoms with E-state index in [9.17, 15) is 13.6 Å². The first-order valence-corrected chi connectivity index (χ1v) is 9.92. The molecule has 0 spiro atoms. The number of rotatable bonds is 5. The smallest absolute Gasteiger partial charge is 0.264 e. The zero-order chi connectivity index (χ0) is 22.1. The summed E-state index contributed by atoms with van der Waals surface area (Å²) >= 11 is 0. The van der Waals surface area contributed by atoms with Crippen LogP contribution in [0.1, 0.15) is 28.8 Å².